The number of aliphatic carboxylic acids is 2. The molecule has 1 saturated heterocycles. The smallest absolute Gasteiger partial charge is 0.414 e. The molecular weight excluding hydrogens is 426 g/mol. The number of aromatic nitrogens is 4. The van der Waals surface area contributed by atoms with Crippen LogP contribution in [-0.4, -0.2) is 66.2 Å². The van der Waals surface area contributed by atoms with Crippen molar-refractivity contribution in [1.29, 1.82) is 0 Å². The first-order chi connectivity index (χ1) is 15.8. The molecule has 0 unspecified atom stereocenters. The summed E-state index contributed by atoms with van der Waals surface area (Å²) >= 11 is 0. The molecule has 10 heteroatoms. The maximum absolute atomic E-state index is 9.10. The van der Waals surface area contributed by atoms with Crippen molar-refractivity contribution in [3.8, 4) is 11.6 Å². The fourth-order valence-electron chi connectivity index (χ4n) is 4.40. The van der Waals surface area contributed by atoms with E-state index in [1.165, 1.54) is 19.3 Å². The van der Waals surface area contributed by atoms with Crippen molar-refractivity contribution in [3.05, 3.63) is 30.2 Å². The molecular formula is C23H29N5O5. The lowest BCUT2D eigenvalue weighted by atomic mass is 9.88. The van der Waals surface area contributed by atoms with Gasteiger partial charge in [0.1, 0.15) is 0 Å². The van der Waals surface area contributed by atoms with Gasteiger partial charge in [0.25, 0.3) is 5.89 Å². The van der Waals surface area contributed by atoms with Crippen LogP contribution >= 0.6 is 0 Å². The van der Waals surface area contributed by atoms with E-state index in [1.54, 1.807) is 0 Å². The highest BCUT2D eigenvalue weighted by molar-refractivity contribution is 6.27. The number of carbonyl (C=O) groups is 2. The zero-order valence-electron chi connectivity index (χ0n) is 18.8. The fraction of sp³-hybridized carbons (Fsp3) is 0.522. The number of fused-ring (bicyclic) bond motifs is 1. The number of nitrogens with zero attached hydrogens (tertiary/aromatic N) is 5. The lowest BCUT2D eigenvalue weighted by Gasteiger charge is -2.41. The van der Waals surface area contributed by atoms with Gasteiger partial charge in [0.05, 0.1) is 5.52 Å². The maximum atomic E-state index is 9.10. The van der Waals surface area contributed by atoms with Gasteiger partial charge in [-0.15, -0.1) is 10.2 Å². The maximum Gasteiger partial charge on any atom is 0.414 e. The Hall–Kier alpha value is -3.27. The van der Waals surface area contributed by atoms with E-state index in [2.05, 4.69) is 41.1 Å². The highest BCUT2D eigenvalue weighted by atomic mass is 16.4. The van der Waals surface area contributed by atoms with E-state index in [-0.39, 0.29) is 6.04 Å². The van der Waals surface area contributed by atoms with Gasteiger partial charge >= 0.3 is 11.9 Å². The van der Waals surface area contributed by atoms with Crippen LogP contribution in [0.1, 0.15) is 63.8 Å². The largest absolute Gasteiger partial charge is 0.473 e. The summed E-state index contributed by atoms with van der Waals surface area (Å²) in [6, 6.07) is 9.36. The Morgan fingerprint density at radius 2 is 1.70 bits per heavy atom. The molecule has 3 heterocycles. The predicted octanol–water partition coefficient (Wildman–Crippen LogP) is 3.55. The molecule has 2 fully saturated rings. The number of carboxylic acids is 2. The molecule has 0 spiro atoms. The average molecular weight is 456 g/mol. The van der Waals surface area contributed by atoms with Gasteiger partial charge in [-0.2, -0.15) is 5.10 Å². The Bertz CT molecular complexity index is 1110. The zero-order valence-corrected chi connectivity index (χ0v) is 18.8. The van der Waals surface area contributed by atoms with Crippen molar-refractivity contribution < 1.29 is 24.2 Å². The number of para-hydroxylation sites is 1. The first-order valence-corrected chi connectivity index (χ1v) is 11.4. The van der Waals surface area contributed by atoms with E-state index < -0.39 is 11.9 Å². The van der Waals surface area contributed by atoms with E-state index in [4.69, 9.17) is 29.3 Å². The molecule has 1 aliphatic carbocycles. The average Bonchev–Trinajstić information content (AvgIpc) is 3.38. The van der Waals surface area contributed by atoms with E-state index >= 15 is 0 Å². The highest BCUT2D eigenvalue weighted by Crippen LogP contribution is 2.35. The van der Waals surface area contributed by atoms with Crippen LogP contribution in [0.3, 0.4) is 0 Å². The lowest BCUT2D eigenvalue weighted by Crippen LogP contribution is -2.44. The van der Waals surface area contributed by atoms with Crippen molar-refractivity contribution in [2.24, 2.45) is 0 Å². The van der Waals surface area contributed by atoms with Crippen molar-refractivity contribution in [2.75, 3.05) is 13.1 Å². The minimum absolute atomic E-state index is 0.280. The summed E-state index contributed by atoms with van der Waals surface area (Å²) in [4.78, 5) is 20.8. The van der Waals surface area contributed by atoms with E-state index in [0.717, 1.165) is 54.5 Å². The third-order valence-corrected chi connectivity index (χ3v) is 6.40. The third kappa shape index (κ3) is 4.90. The van der Waals surface area contributed by atoms with Crippen LogP contribution in [-0.2, 0) is 9.59 Å². The summed E-state index contributed by atoms with van der Waals surface area (Å²) in [5.74, 6) is -1.95. The van der Waals surface area contributed by atoms with Gasteiger partial charge in [-0.1, -0.05) is 24.6 Å². The van der Waals surface area contributed by atoms with Crippen LogP contribution in [0, 0.1) is 0 Å². The normalized spacial score (nSPS) is 17.5. The van der Waals surface area contributed by atoms with E-state index in [0.29, 0.717) is 11.8 Å². The third-order valence-electron chi connectivity index (χ3n) is 6.40. The highest BCUT2D eigenvalue weighted by Gasteiger charge is 2.31. The van der Waals surface area contributed by atoms with Crippen LogP contribution in [0.25, 0.3) is 22.5 Å². The van der Waals surface area contributed by atoms with Gasteiger partial charge in [-0.25, -0.2) is 9.59 Å². The van der Waals surface area contributed by atoms with Gasteiger partial charge in [0.15, 0.2) is 5.69 Å². The summed E-state index contributed by atoms with van der Waals surface area (Å²) in [5.41, 5.74) is 1.90. The molecule has 2 aromatic heterocycles. The van der Waals surface area contributed by atoms with Crippen LogP contribution in [0.2, 0.25) is 0 Å². The van der Waals surface area contributed by atoms with E-state index in [1.807, 2.05) is 16.8 Å². The van der Waals surface area contributed by atoms with Gasteiger partial charge in [-0.05, 0) is 58.7 Å². The Morgan fingerprint density at radius 1 is 1.03 bits per heavy atom. The summed E-state index contributed by atoms with van der Waals surface area (Å²) in [6.45, 7) is 6.58. The number of hydrogen-bond acceptors (Lipinski definition) is 7. The van der Waals surface area contributed by atoms with Crippen molar-refractivity contribution in [3.63, 3.8) is 0 Å². The summed E-state index contributed by atoms with van der Waals surface area (Å²) in [5, 5.41) is 29.4. The molecule has 1 saturated carbocycles. The minimum Gasteiger partial charge on any atom is -0.473 e. The molecule has 0 radical (unpaired) electrons. The first kappa shape index (κ1) is 22.9. The van der Waals surface area contributed by atoms with Gasteiger partial charge in [0.2, 0.25) is 5.89 Å². The molecule has 3 aromatic rings. The molecule has 176 valence electrons. The Labute approximate surface area is 191 Å². The van der Waals surface area contributed by atoms with Crippen LogP contribution in [0.15, 0.2) is 28.7 Å². The van der Waals surface area contributed by atoms with Crippen LogP contribution in [0.4, 0.5) is 0 Å². The molecule has 5 rings (SSSR count). The van der Waals surface area contributed by atoms with Crippen molar-refractivity contribution in [1.82, 2.24) is 24.9 Å². The standard InChI is InChI=1S/C21H27N5O.C2H2O4/c1-14(2)26-18-9-4-3-8-17(18)19(24-26)21-23-22-20(27-21)15-10-12-25(13-11-15)16-6-5-7-16;3-1(4)2(5)6/h3-4,8-9,14-16H,5-7,10-13H2,1-2H3;(H,3,4)(H,5,6). The predicted molar refractivity (Wildman–Crippen MR) is 120 cm³/mol. The molecule has 0 amide bonds. The van der Waals surface area contributed by atoms with Gasteiger partial charge < -0.3 is 19.5 Å². The molecule has 0 atom stereocenters. The number of piperidine rings is 1. The summed E-state index contributed by atoms with van der Waals surface area (Å²) in [6.07, 6.45) is 6.37. The summed E-state index contributed by atoms with van der Waals surface area (Å²) in [7, 11) is 0. The Morgan fingerprint density at radius 3 is 2.27 bits per heavy atom. The Kier molecular flexibility index (Phi) is 6.73. The lowest BCUT2D eigenvalue weighted by molar-refractivity contribution is -0.159. The van der Waals surface area contributed by atoms with Gasteiger partial charge in [0, 0.05) is 23.4 Å². The molecule has 1 aliphatic heterocycles. The van der Waals surface area contributed by atoms with Crippen molar-refractivity contribution >= 4 is 22.8 Å². The van der Waals surface area contributed by atoms with Gasteiger partial charge in [-0.3, -0.25) is 4.68 Å². The number of hydrogen-bond donors (Lipinski definition) is 2. The minimum atomic E-state index is -1.82. The summed E-state index contributed by atoms with van der Waals surface area (Å²) < 4.78 is 8.16. The second kappa shape index (κ2) is 9.70. The SMILES string of the molecule is CC(C)n1nc(-c2nnc(C3CCN(C4CCC4)CC3)o2)c2ccccc21.O=C(O)C(=O)O. The second-order valence-corrected chi connectivity index (χ2v) is 8.85. The van der Waals surface area contributed by atoms with E-state index in [9.17, 15) is 0 Å². The number of rotatable bonds is 4. The molecule has 2 N–H and O–H groups in total. The second-order valence-electron chi connectivity index (χ2n) is 8.85. The molecule has 1 aromatic carbocycles. The topological polar surface area (TPSA) is 135 Å². The molecule has 33 heavy (non-hydrogen) atoms. The molecule has 0 bridgehead atoms. The fourth-order valence-corrected chi connectivity index (χ4v) is 4.40. The molecule has 10 nitrogen and oxygen atoms in total. The quantitative estimate of drug-likeness (QED) is 0.566. The Balaban J connectivity index is 0.000000385. The number of benzene rings is 1. The van der Waals surface area contributed by atoms with Crippen LogP contribution < -0.4 is 0 Å². The first-order valence-electron chi connectivity index (χ1n) is 11.4. The molecule has 2 aliphatic rings. The monoisotopic (exact) mass is 455 g/mol. The number of likely N-dealkylation sites (tertiary alicyclic amines) is 1. The van der Waals surface area contributed by atoms with Crippen LogP contribution in [0.5, 0.6) is 0 Å². The van der Waals surface area contributed by atoms with Crippen molar-refractivity contribution in [2.45, 2.75) is 64.0 Å². The zero-order chi connectivity index (χ0) is 23.5. The number of carboxylic acid groups (broad SMARTS) is 2.